The van der Waals surface area contributed by atoms with Crippen molar-refractivity contribution in [3.05, 3.63) is 150 Å². The molecule has 0 spiro atoms. The number of hydrogen-bond acceptors (Lipinski definition) is 41. The van der Waals surface area contributed by atoms with E-state index in [1.807, 2.05) is 9.97 Å². The third-order valence-electron chi connectivity index (χ3n) is 19.9. The Bertz CT molecular complexity index is 6150. The number of anilines is 3. The third kappa shape index (κ3) is 21.2. The molecule has 0 saturated carbocycles. The van der Waals surface area contributed by atoms with Crippen molar-refractivity contribution in [2.75, 3.05) is 56.8 Å². The van der Waals surface area contributed by atoms with Crippen LogP contribution in [-0.4, -0.2) is 229 Å². The average Bonchev–Trinajstić information content (AvgIpc) is 1.63. The van der Waals surface area contributed by atoms with E-state index in [2.05, 4.69) is 39.9 Å². The van der Waals surface area contributed by atoms with Gasteiger partial charge in [0.25, 0.3) is 22.2 Å². The van der Waals surface area contributed by atoms with Crippen LogP contribution >= 0.6 is 46.9 Å². The number of nitrogen functional groups attached to an aromatic ring is 3. The van der Waals surface area contributed by atoms with E-state index in [1.54, 1.807) is 0 Å². The van der Waals surface area contributed by atoms with E-state index in [9.17, 15) is 105 Å². The Hall–Kier alpha value is -8.40. The Morgan fingerprint density at radius 1 is 0.407 bits per heavy atom. The Balaban J connectivity index is 0.669. The second-order valence-corrected chi connectivity index (χ2v) is 36.6. The normalized spacial score (nSPS) is 29.3. The highest BCUT2D eigenvalue weighted by Crippen LogP contribution is 2.57. The SMILES string of the molecule is Cc1cn([C@H]2C[C@H](OP(=O)(O)O)[C@@H](COP(=O)(O)O[C@H]3C[C@H](n4cc(C)c(=O)[nH]c4=O)O[C@@H]3COP(=O)(O)O[C@H]3C[C@H](n4ccc(N)nc4=O)O[C@@H]3COP(=O)(O)O[C@H]3C[C@H](n4cnc5c(N)ncnc54)O[C@@H]3COP(=O)(O)O[C@H]3C[C@H](n4cnc5c(=O)[nH]c(N)nc54)O[C@@H]3COP(=O)(O)O[C@H]3C[C@H](n4cc(C)c(=O)[nH]c4=O)O[C@@H]3CO)O2)c(=O)[nH]c1=O. The van der Waals surface area contributed by atoms with Gasteiger partial charge in [-0.25, -0.2) is 66.5 Å². The van der Waals surface area contributed by atoms with Gasteiger partial charge in [0.05, 0.1) is 52.3 Å². The van der Waals surface area contributed by atoms with Gasteiger partial charge in [0.15, 0.2) is 22.6 Å². The van der Waals surface area contributed by atoms with Crippen molar-refractivity contribution in [1.82, 2.24) is 77.2 Å². The van der Waals surface area contributed by atoms with Crippen molar-refractivity contribution < 1.29 is 145 Å². The highest BCUT2D eigenvalue weighted by molar-refractivity contribution is 7.48. The number of H-pyrrole nitrogens is 4. The topological polar surface area (TPSA) is 806 Å². The lowest BCUT2D eigenvalue weighted by molar-refractivity contribution is -0.0649. The smallest absolute Gasteiger partial charge is 0.394 e. The molecule has 8 aromatic heterocycles. The van der Waals surface area contributed by atoms with E-state index in [0.29, 0.717) is 0 Å². The molecule has 123 heavy (non-hydrogen) atoms. The van der Waals surface area contributed by atoms with Crippen LogP contribution in [0.5, 0.6) is 0 Å². The number of aliphatic hydroxyl groups excluding tert-OH is 1. The van der Waals surface area contributed by atoms with Crippen molar-refractivity contribution in [3.8, 4) is 0 Å². The fourth-order valence-electron chi connectivity index (χ4n) is 14.1. The molecule has 14 rings (SSSR count). The number of aromatic amines is 4. The van der Waals surface area contributed by atoms with Crippen LogP contribution in [0.25, 0.3) is 22.3 Å². The molecule has 6 aliphatic rings. The standard InChI is InChI=1S/C59H77N19O39P6/c1-24-12-74(57(85)70-51(24)80)41-6-27(33(15-79)106-41)113-119(91,92)102-20-38-32(11-45(111-38)78-23-66-47-50(78)68-55(62)69-54(47)83)117-123(99,100)105-19-37-31(10-44(110-37)77-22-65-46-48(61)63-21-64-49(46)77)116-122(97,98)103-17-35-29(8-40(107-35)73-5-4-39(60)67-56(73)84)114-121(95,96)104-18-36-30(9-43(109-36)76-14-26(3)53(82)72-59(76)87)115-120(93,94)101-16-34-28(112-118(88,89)90)7-42(108-34)75-13-25(2)52(81)71-58(75)86/h4-5,12-14,21-23,27-38,40-45,79H,6-11,15-20H2,1-3H3,(H,91,92)(H,93,94)(H,95,96)(H,97,98)(H,99,100)(H2,60,67,84)(H2,61,63,64)(H,70,80,85)(H,71,81,86)(H,72,82,87)(H2,88,89,90)(H3,62,68,69,83)/t27-,28-,29-,30-,31-,32-,33+,34+,35+,36+,37+,38+,40+,41+,42+,43+,44+,45+/m0/s1. The quantitative estimate of drug-likeness (QED) is 0.0182. The average molecular weight is 1860 g/mol. The minimum absolute atomic E-state index is 0.00885. The number of aryl methyl sites for hydroxylation is 3. The maximum atomic E-state index is 14.5. The molecule has 14 heterocycles. The van der Waals surface area contributed by atoms with Gasteiger partial charge < -0.3 is 85.0 Å². The maximum absolute atomic E-state index is 14.5. The summed E-state index contributed by atoms with van der Waals surface area (Å²) in [7, 11) is -33.2. The Morgan fingerprint density at radius 3 is 1.09 bits per heavy atom. The van der Waals surface area contributed by atoms with Crippen LogP contribution < -0.4 is 62.2 Å². The summed E-state index contributed by atoms with van der Waals surface area (Å²) in [5, 5.41) is 10.2. The lowest BCUT2D eigenvalue weighted by atomic mass is 10.2. The monoisotopic (exact) mass is 1860 g/mol. The number of aliphatic hydroxyl groups is 1. The summed E-state index contributed by atoms with van der Waals surface area (Å²) >= 11 is 0. The molecule has 6 aliphatic heterocycles. The predicted octanol–water partition coefficient (Wildman–Crippen LogP) is -2.75. The highest BCUT2D eigenvalue weighted by Gasteiger charge is 2.52. The number of imidazole rings is 2. The summed E-state index contributed by atoms with van der Waals surface area (Å²) in [6.45, 7) is -2.34. The van der Waals surface area contributed by atoms with Crippen molar-refractivity contribution in [1.29, 1.82) is 0 Å². The number of phosphoric ester groups is 6. The molecule has 0 aliphatic carbocycles. The Labute approximate surface area is 683 Å². The largest absolute Gasteiger partial charge is 0.472 e. The maximum Gasteiger partial charge on any atom is 0.472 e. The van der Waals surface area contributed by atoms with Crippen LogP contribution in [0, 0.1) is 20.8 Å². The van der Waals surface area contributed by atoms with Gasteiger partial charge in [-0.15, -0.1) is 0 Å². The van der Waals surface area contributed by atoms with E-state index < -0.39 is 274 Å². The minimum atomic E-state index is -5.67. The Morgan fingerprint density at radius 2 is 0.732 bits per heavy atom. The summed E-state index contributed by atoms with van der Waals surface area (Å²) in [6, 6.07) is 1.16. The minimum Gasteiger partial charge on any atom is -0.394 e. The van der Waals surface area contributed by atoms with Crippen LogP contribution in [-0.2, 0) is 106 Å². The second-order valence-electron chi connectivity index (χ2n) is 28.4. The fourth-order valence-corrected chi connectivity index (χ4v) is 19.5. The number of hydrogen-bond donors (Lipinski definition) is 15. The lowest BCUT2D eigenvalue weighted by Gasteiger charge is -2.26. The summed E-state index contributed by atoms with van der Waals surface area (Å²) in [6.07, 6.45) is -24.3. The molecule has 58 nitrogen and oxygen atoms in total. The van der Waals surface area contributed by atoms with Crippen LogP contribution in [0.2, 0.25) is 0 Å². The molecule has 5 unspecified atom stereocenters. The van der Waals surface area contributed by atoms with Gasteiger partial charge in [0, 0.05) is 80.0 Å². The zero-order valence-electron chi connectivity index (χ0n) is 63.5. The molecule has 64 heteroatoms. The summed E-state index contributed by atoms with van der Waals surface area (Å²) in [5.41, 5.74) is 10.2. The molecule has 0 aromatic carbocycles. The molecule has 0 amide bonds. The number of ether oxygens (including phenoxy) is 6. The molecule has 672 valence electrons. The number of nitrogens with one attached hydrogen (secondary N) is 4. The summed E-state index contributed by atoms with van der Waals surface area (Å²) in [5.74, 6) is -0.747. The number of nitrogens with zero attached hydrogens (tertiary/aromatic N) is 12. The first kappa shape index (κ1) is 90.8. The number of rotatable bonds is 34. The van der Waals surface area contributed by atoms with Crippen LogP contribution in [0.1, 0.15) is 92.6 Å². The van der Waals surface area contributed by atoms with E-state index in [0.717, 1.165) is 61.8 Å². The summed E-state index contributed by atoms with van der Waals surface area (Å²) in [4.78, 5) is 211. The first-order valence-corrected chi connectivity index (χ1v) is 45.4. The zero-order valence-corrected chi connectivity index (χ0v) is 68.9. The molecule has 6 fully saturated rings. The van der Waals surface area contributed by atoms with E-state index in [4.69, 9.17) is 95.4 Å². The van der Waals surface area contributed by atoms with Crippen LogP contribution in [0.3, 0.4) is 0 Å². The van der Waals surface area contributed by atoms with Crippen molar-refractivity contribution >= 4 is 86.8 Å². The fraction of sp³-hybridized carbons (Fsp3) is 0.559. The molecule has 0 bridgehead atoms. The first-order valence-electron chi connectivity index (χ1n) is 36.4. The third-order valence-corrected chi connectivity index (χ3v) is 25.5. The number of aromatic nitrogens is 16. The molecule has 8 aromatic rings. The Kier molecular flexibility index (Phi) is 26.4. The van der Waals surface area contributed by atoms with Crippen LogP contribution in [0.4, 0.5) is 17.6 Å². The molecule has 23 atom stereocenters. The second kappa shape index (κ2) is 35.8. The van der Waals surface area contributed by atoms with Crippen molar-refractivity contribution in [2.24, 2.45) is 0 Å². The summed E-state index contributed by atoms with van der Waals surface area (Å²) < 4.78 is 184. The van der Waals surface area contributed by atoms with Gasteiger partial charge in [-0.1, -0.05) is 0 Å². The van der Waals surface area contributed by atoms with Gasteiger partial charge >= 0.3 is 69.7 Å². The zero-order chi connectivity index (χ0) is 88.5. The van der Waals surface area contributed by atoms with Crippen molar-refractivity contribution in [3.63, 3.8) is 0 Å². The molecular weight excluding hydrogens is 1780 g/mol. The van der Waals surface area contributed by atoms with Crippen LogP contribution in [0.15, 0.2) is 88.2 Å². The van der Waals surface area contributed by atoms with Gasteiger partial charge in [0.2, 0.25) is 5.95 Å². The van der Waals surface area contributed by atoms with Gasteiger partial charge in [-0.2, -0.15) is 9.97 Å². The molecule has 6 saturated heterocycles. The number of nitrogens with two attached hydrogens (primary N) is 3. The molecule has 0 radical (unpaired) electrons. The van der Waals surface area contributed by atoms with E-state index in [-0.39, 0.29) is 63.0 Å². The van der Waals surface area contributed by atoms with Gasteiger partial charge in [-0.05, 0) is 26.8 Å². The predicted molar refractivity (Wildman–Crippen MR) is 402 cm³/mol. The molecular formula is C59H77N19O39P6. The number of phosphoric acid groups is 6. The first-order chi connectivity index (χ1) is 57.8. The lowest BCUT2D eigenvalue weighted by Crippen LogP contribution is -2.33. The van der Waals surface area contributed by atoms with Gasteiger partial charge in [-0.3, -0.25) is 116 Å². The van der Waals surface area contributed by atoms with E-state index in [1.165, 1.54) is 36.2 Å². The van der Waals surface area contributed by atoms with E-state index >= 15 is 0 Å². The highest BCUT2D eigenvalue weighted by atomic mass is 31.2. The van der Waals surface area contributed by atoms with Crippen molar-refractivity contribution in [2.45, 2.75) is 170 Å². The number of fused-ring (bicyclic) bond motifs is 2. The molecule has 18 N–H and O–H groups in total. The van der Waals surface area contributed by atoms with Gasteiger partial charge in [0.1, 0.15) is 128 Å².